The highest BCUT2D eigenvalue weighted by molar-refractivity contribution is 5.86. The second-order valence-electron chi connectivity index (χ2n) is 7.62. The fourth-order valence-electron chi connectivity index (χ4n) is 3.56. The van der Waals surface area contributed by atoms with Crippen molar-refractivity contribution in [2.45, 2.75) is 116 Å². The van der Waals surface area contributed by atoms with Gasteiger partial charge in [-0.25, -0.2) is 0 Å². The molecule has 0 bridgehead atoms. The Morgan fingerprint density at radius 1 is 1.12 bits per heavy atom. The van der Waals surface area contributed by atoms with E-state index in [9.17, 15) is 9.90 Å². The molecule has 4 nitrogen and oxygen atoms in total. The monoisotopic (exact) mass is 341 g/mol. The van der Waals surface area contributed by atoms with E-state index in [2.05, 4.69) is 12.2 Å². The number of nitrogens with one attached hydrogen (secondary N) is 1. The van der Waals surface area contributed by atoms with Crippen molar-refractivity contribution in [3.63, 3.8) is 0 Å². The highest BCUT2D eigenvalue weighted by atomic mass is 16.5. The lowest BCUT2D eigenvalue weighted by Gasteiger charge is -2.45. The third-order valence-electron chi connectivity index (χ3n) is 4.95. The molecule has 1 saturated heterocycles. The average Bonchev–Trinajstić information content (AvgIpc) is 2.52. The number of carbonyl (C=O) groups excluding carboxylic acids is 1. The normalized spacial score (nSPS) is 24.4. The molecule has 0 radical (unpaired) electrons. The summed E-state index contributed by atoms with van der Waals surface area (Å²) in [6.07, 6.45) is 14.2. The molecule has 1 heterocycles. The van der Waals surface area contributed by atoms with Crippen LogP contribution < -0.4 is 5.32 Å². The highest BCUT2D eigenvalue weighted by Crippen LogP contribution is 2.37. The van der Waals surface area contributed by atoms with Gasteiger partial charge in [-0.2, -0.15) is 0 Å². The Morgan fingerprint density at radius 3 is 2.08 bits per heavy atom. The summed E-state index contributed by atoms with van der Waals surface area (Å²) in [5.74, 6) is -0.0441. The molecule has 0 spiro atoms. The van der Waals surface area contributed by atoms with Crippen molar-refractivity contribution < 1.29 is 14.6 Å². The van der Waals surface area contributed by atoms with E-state index in [-0.39, 0.29) is 12.0 Å². The maximum Gasteiger partial charge on any atom is 0.252 e. The van der Waals surface area contributed by atoms with E-state index >= 15 is 0 Å². The van der Waals surface area contributed by atoms with Gasteiger partial charge in [0.1, 0.15) is 5.60 Å². The van der Waals surface area contributed by atoms with Gasteiger partial charge in [0.05, 0.1) is 12.2 Å². The third kappa shape index (κ3) is 7.98. The zero-order valence-electron chi connectivity index (χ0n) is 16.1. The summed E-state index contributed by atoms with van der Waals surface area (Å²) >= 11 is 0. The first kappa shape index (κ1) is 21.4. The predicted octanol–water partition coefficient (Wildman–Crippen LogP) is 4.34. The molecule has 3 atom stereocenters. The van der Waals surface area contributed by atoms with Crippen molar-refractivity contribution in [3.05, 3.63) is 0 Å². The van der Waals surface area contributed by atoms with Gasteiger partial charge in [-0.3, -0.25) is 4.79 Å². The van der Waals surface area contributed by atoms with E-state index in [1.54, 1.807) is 6.92 Å². The van der Waals surface area contributed by atoms with Gasteiger partial charge < -0.3 is 15.2 Å². The molecule has 1 aliphatic heterocycles. The molecule has 1 amide bonds. The Bertz CT molecular complexity index is 338. The molecule has 2 N–H and O–H groups in total. The van der Waals surface area contributed by atoms with Gasteiger partial charge in [-0.1, -0.05) is 71.1 Å². The van der Waals surface area contributed by atoms with Crippen LogP contribution in [0.3, 0.4) is 0 Å². The van der Waals surface area contributed by atoms with Crippen LogP contribution in [0.1, 0.15) is 97.8 Å². The Hall–Kier alpha value is -0.610. The lowest BCUT2D eigenvalue weighted by Crippen LogP contribution is -2.59. The summed E-state index contributed by atoms with van der Waals surface area (Å²) in [5.41, 5.74) is -0.630. The quantitative estimate of drug-likeness (QED) is 0.462. The molecular weight excluding hydrogens is 302 g/mol. The number of aliphatic hydroxyl groups excluding tert-OH is 1. The Labute approximate surface area is 148 Å². The first-order valence-electron chi connectivity index (χ1n) is 10.1. The lowest BCUT2D eigenvalue weighted by molar-refractivity contribution is -0.206. The maximum absolute atomic E-state index is 12.3. The number of hydrogen-bond donors (Lipinski definition) is 2. The van der Waals surface area contributed by atoms with E-state index in [0.717, 1.165) is 19.3 Å². The van der Waals surface area contributed by atoms with Crippen molar-refractivity contribution in [2.24, 2.45) is 0 Å². The van der Waals surface area contributed by atoms with E-state index in [4.69, 9.17) is 4.74 Å². The number of carbonyl (C=O) groups is 1. The Kier molecular flexibility index (Phi) is 10.6. The maximum atomic E-state index is 12.3. The van der Waals surface area contributed by atoms with Crippen LogP contribution in [0.5, 0.6) is 0 Å². The average molecular weight is 342 g/mol. The number of hydrogen-bond acceptors (Lipinski definition) is 3. The zero-order valence-corrected chi connectivity index (χ0v) is 16.1. The molecule has 4 heteroatoms. The number of rotatable bonds is 14. The molecule has 24 heavy (non-hydrogen) atoms. The molecular formula is C20H39NO3. The number of unbranched alkanes of at least 4 members (excludes halogenated alkanes) is 9. The van der Waals surface area contributed by atoms with Gasteiger partial charge >= 0.3 is 0 Å². The summed E-state index contributed by atoms with van der Waals surface area (Å²) in [4.78, 5) is 12.3. The molecule has 1 fully saturated rings. The van der Waals surface area contributed by atoms with Gasteiger partial charge in [-0.05, 0) is 20.3 Å². The van der Waals surface area contributed by atoms with Crippen LogP contribution in [0.15, 0.2) is 0 Å². The highest BCUT2D eigenvalue weighted by Gasteiger charge is 2.49. The molecule has 0 aromatic carbocycles. The summed E-state index contributed by atoms with van der Waals surface area (Å²) in [6.45, 7) is 6.25. The molecule has 1 rings (SSSR count). The minimum atomic E-state index is -0.630. The van der Waals surface area contributed by atoms with Crippen molar-refractivity contribution in [1.29, 1.82) is 0 Å². The van der Waals surface area contributed by atoms with Crippen LogP contribution in [-0.4, -0.2) is 35.4 Å². The molecule has 1 aliphatic rings. The van der Waals surface area contributed by atoms with Crippen molar-refractivity contribution in [2.75, 3.05) is 6.54 Å². The molecule has 0 saturated carbocycles. The van der Waals surface area contributed by atoms with Gasteiger partial charge in [0.2, 0.25) is 0 Å². The van der Waals surface area contributed by atoms with Gasteiger partial charge in [0.15, 0.2) is 0 Å². The largest absolute Gasteiger partial charge is 0.392 e. The second-order valence-corrected chi connectivity index (χ2v) is 7.62. The van der Waals surface area contributed by atoms with E-state index in [1.165, 1.54) is 57.8 Å². The zero-order chi connectivity index (χ0) is 17.8. The van der Waals surface area contributed by atoms with Crippen LogP contribution in [0.4, 0.5) is 0 Å². The Balaban J connectivity index is 2.10. The van der Waals surface area contributed by atoms with Crippen LogP contribution in [0, 0.1) is 0 Å². The standard InChI is InChI=1S/C20H39NO3/c1-4-5-6-7-8-9-10-11-12-13-14-20(15-18(3)24-20)19(23)21-16-17(2)22/h17-18,22H,4-16H2,1-3H3,(H,21,23). The molecule has 0 aromatic heterocycles. The first-order chi connectivity index (χ1) is 11.5. The number of aliphatic hydroxyl groups is 1. The first-order valence-corrected chi connectivity index (χ1v) is 10.1. The van der Waals surface area contributed by atoms with Gasteiger partial charge in [0.25, 0.3) is 5.91 Å². The van der Waals surface area contributed by atoms with E-state index in [0.29, 0.717) is 6.54 Å². The van der Waals surface area contributed by atoms with Crippen molar-refractivity contribution in [1.82, 2.24) is 5.32 Å². The number of amides is 1. The lowest BCUT2D eigenvalue weighted by atomic mass is 9.83. The van der Waals surface area contributed by atoms with Crippen LogP contribution >= 0.6 is 0 Å². The van der Waals surface area contributed by atoms with Crippen LogP contribution in [0.2, 0.25) is 0 Å². The summed E-state index contributed by atoms with van der Waals surface area (Å²) in [7, 11) is 0. The summed E-state index contributed by atoms with van der Waals surface area (Å²) in [5, 5.41) is 12.1. The molecule has 3 unspecified atom stereocenters. The minimum Gasteiger partial charge on any atom is -0.392 e. The van der Waals surface area contributed by atoms with E-state index < -0.39 is 11.7 Å². The smallest absolute Gasteiger partial charge is 0.252 e. The van der Waals surface area contributed by atoms with Gasteiger partial charge in [-0.15, -0.1) is 0 Å². The third-order valence-corrected chi connectivity index (χ3v) is 4.95. The summed E-state index contributed by atoms with van der Waals surface area (Å²) < 4.78 is 5.81. The predicted molar refractivity (Wildman–Crippen MR) is 99.0 cm³/mol. The SMILES string of the molecule is CCCCCCCCCCCCC1(C(=O)NCC(C)O)CC(C)O1. The van der Waals surface area contributed by atoms with Crippen molar-refractivity contribution >= 4 is 5.91 Å². The summed E-state index contributed by atoms with van der Waals surface area (Å²) in [6, 6.07) is 0. The second kappa shape index (κ2) is 11.9. The molecule has 142 valence electrons. The van der Waals surface area contributed by atoms with Crippen LogP contribution in [-0.2, 0) is 9.53 Å². The van der Waals surface area contributed by atoms with Crippen LogP contribution in [0.25, 0.3) is 0 Å². The molecule has 0 aromatic rings. The van der Waals surface area contributed by atoms with Crippen molar-refractivity contribution in [3.8, 4) is 0 Å². The fraction of sp³-hybridized carbons (Fsp3) is 0.950. The molecule has 0 aliphatic carbocycles. The van der Waals surface area contributed by atoms with Gasteiger partial charge in [0, 0.05) is 13.0 Å². The fourth-order valence-corrected chi connectivity index (χ4v) is 3.56. The topological polar surface area (TPSA) is 58.6 Å². The van der Waals surface area contributed by atoms with E-state index in [1.807, 2.05) is 6.92 Å². The number of ether oxygens (including phenoxy) is 1. The Morgan fingerprint density at radius 2 is 1.62 bits per heavy atom. The minimum absolute atomic E-state index is 0.0441.